The number of benzene rings is 2. The van der Waals surface area contributed by atoms with Crippen LogP contribution in [0.4, 0.5) is 15.8 Å². The van der Waals surface area contributed by atoms with Gasteiger partial charge in [0.1, 0.15) is 5.58 Å². The molecule has 2 aromatic carbocycles. The summed E-state index contributed by atoms with van der Waals surface area (Å²) in [7, 11) is 0. The van der Waals surface area contributed by atoms with Crippen molar-refractivity contribution in [3.63, 3.8) is 0 Å². The molecule has 0 saturated carbocycles. The number of anilines is 1. The van der Waals surface area contributed by atoms with E-state index in [1.54, 1.807) is 24.3 Å². The molecular weight excluding hydrogens is 349 g/mol. The van der Waals surface area contributed by atoms with Crippen LogP contribution in [0.1, 0.15) is 10.6 Å². The molecule has 2 N–H and O–H groups in total. The monoisotopic (exact) mass is 359 g/mol. The van der Waals surface area contributed by atoms with E-state index in [1.807, 2.05) is 6.07 Å². The van der Waals surface area contributed by atoms with Crippen LogP contribution < -0.4 is 10.6 Å². The molecular formula is C16H10FN3O4S. The van der Waals surface area contributed by atoms with Crippen LogP contribution in [0.3, 0.4) is 0 Å². The van der Waals surface area contributed by atoms with E-state index < -0.39 is 22.3 Å². The minimum atomic E-state index is -0.965. The minimum Gasteiger partial charge on any atom is -0.451 e. The summed E-state index contributed by atoms with van der Waals surface area (Å²) in [6, 6.07) is 11.9. The van der Waals surface area contributed by atoms with Gasteiger partial charge in [-0.2, -0.15) is 4.39 Å². The normalized spacial score (nSPS) is 10.4. The van der Waals surface area contributed by atoms with Crippen LogP contribution in [0.2, 0.25) is 0 Å². The lowest BCUT2D eigenvalue weighted by Gasteiger charge is -2.08. The maximum absolute atomic E-state index is 13.3. The van der Waals surface area contributed by atoms with Gasteiger partial charge in [-0.3, -0.25) is 20.2 Å². The average molecular weight is 359 g/mol. The van der Waals surface area contributed by atoms with Crippen LogP contribution in [0.5, 0.6) is 0 Å². The Morgan fingerprint density at radius 2 is 1.96 bits per heavy atom. The summed E-state index contributed by atoms with van der Waals surface area (Å²) in [6.45, 7) is 0. The molecule has 9 heteroatoms. The quantitative estimate of drug-likeness (QED) is 0.421. The highest BCUT2D eigenvalue weighted by Crippen LogP contribution is 2.22. The van der Waals surface area contributed by atoms with Crippen LogP contribution in [0.25, 0.3) is 11.0 Å². The third kappa shape index (κ3) is 3.61. The van der Waals surface area contributed by atoms with E-state index >= 15 is 0 Å². The topological polar surface area (TPSA) is 97.4 Å². The number of nitro benzene ring substituents is 1. The molecule has 0 radical (unpaired) electrons. The number of thiocarbonyl (C=S) groups is 1. The number of carbonyl (C=O) groups is 1. The molecule has 0 bridgehead atoms. The lowest BCUT2D eigenvalue weighted by Crippen LogP contribution is -2.33. The molecule has 25 heavy (non-hydrogen) atoms. The van der Waals surface area contributed by atoms with E-state index in [2.05, 4.69) is 10.6 Å². The number of hydrogen-bond acceptors (Lipinski definition) is 5. The maximum atomic E-state index is 13.3. The first kappa shape index (κ1) is 16.5. The molecule has 0 unspecified atom stereocenters. The summed E-state index contributed by atoms with van der Waals surface area (Å²) < 4.78 is 18.7. The van der Waals surface area contributed by atoms with Crippen LogP contribution in [-0.4, -0.2) is 15.9 Å². The Morgan fingerprint density at radius 3 is 2.68 bits per heavy atom. The van der Waals surface area contributed by atoms with Gasteiger partial charge < -0.3 is 9.73 Å². The van der Waals surface area contributed by atoms with Gasteiger partial charge in [-0.1, -0.05) is 18.2 Å². The van der Waals surface area contributed by atoms with E-state index in [0.29, 0.717) is 5.58 Å². The van der Waals surface area contributed by atoms with Gasteiger partial charge >= 0.3 is 5.69 Å². The summed E-state index contributed by atoms with van der Waals surface area (Å²) in [4.78, 5) is 22.0. The van der Waals surface area contributed by atoms with Crippen molar-refractivity contribution in [3.8, 4) is 0 Å². The first-order valence-electron chi connectivity index (χ1n) is 6.99. The van der Waals surface area contributed by atoms with Crippen molar-refractivity contribution in [3.05, 3.63) is 70.2 Å². The van der Waals surface area contributed by atoms with Gasteiger partial charge in [0.15, 0.2) is 10.9 Å². The lowest BCUT2D eigenvalue weighted by atomic mass is 10.2. The fourth-order valence-corrected chi connectivity index (χ4v) is 2.36. The number of nitrogens with zero attached hydrogens (tertiary/aromatic N) is 1. The Kier molecular flexibility index (Phi) is 4.40. The number of hydrogen-bond donors (Lipinski definition) is 2. The van der Waals surface area contributed by atoms with Gasteiger partial charge in [0.05, 0.1) is 4.92 Å². The molecule has 1 heterocycles. The molecule has 0 aliphatic heterocycles. The van der Waals surface area contributed by atoms with Crippen LogP contribution in [0, 0.1) is 15.9 Å². The molecule has 0 atom stereocenters. The van der Waals surface area contributed by atoms with Crippen LogP contribution in [0.15, 0.2) is 52.9 Å². The Hall–Kier alpha value is -3.33. The van der Waals surface area contributed by atoms with Crippen molar-refractivity contribution in [1.82, 2.24) is 5.32 Å². The first-order chi connectivity index (χ1) is 11.9. The number of para-hydroxylation sites is 1. The molecule has 1 amide bonds. The Balaban J connectivity index is 1.71. The van der Waals surface area contributed by atoms with Crippen molar-refractivity contribution in [2.45, 2.75) is 0 Å². The summed E-state index contributed by atoms with van der Waals surface area (Å²) in [6.07, 6.45) is 0. The van der Waals surface area contributed by atoms with E-state index in [4.69, 9.17) is 16.6 Å². The third-order valence-electron chi connectivity index (χ3n) is 3.28. The van der Waals surface area contributed by atoms with Gasteiger partial charge in [0.2, 0.25) is 5.82 Å². The predicted molar refractivity (Wildman–Crippen MR) is 93.0 cm³/mol. The molecule has 126 valence electrons. The lowest BCUT2D eigenvalue weighted by molar-refractivity contribution is -0.387. The number of halogens is 1. The van der Waals surface area contributed by atoms with Gasteiger partial charge in [0.25, 0.3) is 5.91 Å². The molecule has 0 aliphatic rings. The SMILES string of the molecule is O=C(NC(=S)Nc1ccc(F)c([N+](=O)[O-])c1)c1cc2ccccc2o1. The summed E-state index contributed by atoms with van der Waals surface area (Å²) in [5.41, 5.74) is 0.0279. The van der Waals surface area contributed by atoms with Crippen LogP contribution >= 0.6 is 12.2 Å². The maximum Gasteiger partial charge on any atom is 0.306 e. The Labute approximate surface area is 145 Å². The number of nitrogens with one attached hydrogen (secondary N) is 2. The standard InChI is InChI=1S/C16H10FN3O4S/c17-11-6-5-10(8-12(11)20(22)23)18-16(25)19-15(21)14-7-9-3-1-2-4-13(9)24-14/h1-8H,(H2,18,19,21,25). The molecule has 3 rings (SSSR count). The second kappa shape index (κ2) is 6.65. The first-order valence-corrected chi connectivity index (χ1v) is 7.40. The van der Waals surface area contributed by atoms with Gasteiger partial charge in [-0.15, -0.1) is 0 Å². The fraction of sp³-hybridized carbons (Fsp3) is 0. The molecule has 0 fully saturated rings. The molecule has 0 aliphatic carbocycles. The summed E-state index contributed by atoms with van der Waals surface area (Å²) in [5, 5.41) is 16.4. The number of carbonyl (C=O) groups excluding carboxylic acids is 1. The van der Waals surface area contributed by atoms with Gasteiger partial charge in [0, 0.05) is 17.1 Å². The van der Waals surface area contributed by atoms with Crippen molar-refractivity contribution in [2.75, 3.05) is 5.32 Å². The van der Waals surface area contributed by atoms with Crippen molar-refractivity contribution >= 4 is 45.6 Å². The number of fused-ring (bicyclic) bond motifs is 1. The average Bonchev–Trinajstić information content (AvgIpc) is 3.00. The van der Waals surface area contributed by atoms with Crippen molar-refractivity contribution in [2.24, 2.45) is 0 Å². The Morgan fingerprint density at radius 1 is 1.20 bits per heavy atom. The number of nitro groups is 1. The zero-order valence-corrected chi connectivity index (χ0v) is 13.3. The highest BCUT2D eigenvalue weighted by Gasteiger charge is 2.16. The smallest absolute Gasteiger partial charge is 0.306 e. The minimum absolute atomic E-state index is 0.0652. The summed E-state index contributed by atoms with van der Waals surface area (Å²) >= 11 is 4.99. The van der Waals surface area contributed by atoms with E-state index in [1.165, 1.54) is 6.07 Å². The number of amides is 1. The number of rotatable bonds is 3. The predicted octanol–water partition coefficient (Wildman–Crippen LogP) is 3.61. The van der Waals surface area contributed by atoms with E-state index in [-0.39, 0.29) is 16.6 Å². The highest BCUT2D eigenvalue weighted by molar-refractivity contribution is 7.80. The Bertz CT molecular complexity index is 969. The highest BCUT2D eigenvalue weighted by atomic mass is 32.1. The second-order valence-electron chi connectivity index (χ2n) is 4.98. The van der Waals surface area contributed by atoms with Crippen molar-refractivity contribution < 1.29 is 18.5 Å². The van der Waals surface area contributed by atoms with E-state index in [0.717, 1.165) is 17.5 Å². The second-order valence-corrected chi connectivity index (χ2v) is 5.39. The zero-order valence-electron chi connectivity index (χ0n) is 12.5. The van der Waals surface area contributed by atoms with Gasteiger partial charge in [-0.05, 0) is 36.5 Å². The van der Waals surface area contributed by atoms with Crippen molar-refractivity contribution in [1.29, 1.82) is 0 Å². The largest absolute Gasteiger partial charge is 0.451 e. The van der Waals surface area contributed by atoms with Gasteiger partial charge in [-0.25, -0.2) is 0 Å². The van der Waals surface area contributed by atoms with E-state index in [9.17, 15) is 19.3 Å². The zero-order chi connectivity index (χ0) is 18.0. The molecule has 7 nitrogen and oxygen atoms in total. The number of furan rings is 1. The summed E-state index contributed by atoms with van der Waals surface area (Å²) in [5.74, 6) is -1.48. The fourth-order valence-electron chi connectivity index (χ4n) is 2.15. The molecule has 0 saturated heterocycles. The molecule has 0 spiro atoms. The van der Waals surface area contributed by atoms with Crippen LogP contribution in [-0.2, 0) is 0 Å². The molecule has 3 aromatic rings. The molecule has 1 aromatic heterocycles. The third-order valence-corrected chi connectivity index (χ3v) is 3.48.